The van der Waals surface area contributed by atoms with Gasteiger partial charge in [0, 0.05) is 19.1 Å². The summed E-state index contributed by atoms with van der Waals surface area (Å²) in [6.07, 6.45) is 5.72. The molecule has 1 aromatic heterocycles. The molecule has 0 aromatic carbocycles. The Bertz CT molecular complexity index is 563. The van der Waals surface area contributed by atoms with Gasteiger partial charge in [0.05, 0.1) is 18.4 Å². The summed E-state index contributed by atoms with van der Waals surface area (Å²) in [7, 11) is 0. The maximum atomic E-state index is 12.2. The van der Waals surface area contributed by atoms with Crippen LogP contribution in [0.15, 0.2) is 16.7 Å². The normalized spacial score (nSPS) is 18.1. The summed E-state index contributed by atoms with van der Waals surface area (Å²) in [5, 5.41) is 6.28. The standard InChI is InChI=1S/C17H25N3O3.ClH/c1-12-15(6-9-23-12)17(22)19-14-4-7-20(8-5-14)16(21)11-18-10-13-2-3-13;/h6,9,13-14,18H,2-5,7-8,10-11H2,1H3,(H,19,22);1H. The van der Waals surface area contributed by atoms with Crippen LogP contribution < -0.4 is 10.6 Å². The third-order valence-electron chi connectivity index (χ3n) is 4.69. The summed E-state index contributed by atoms with van der Waals surface area (Å²) in [5.41, 5.74) is 0.591. The van der Waals surface area contributed by atoms with E-state index in [1.54, 1.807) is 13.0 Å². The van der Waals surface area contributed by atoms with Crippen molar-refractivity contribution in [2.75, 3.05) is 26.2 Å². The molecular weight excluding hydrogens is 330 g/mol. The van der Waals surface area contributed by atoms with Gasteiger partial charge >= 0.3 is 0 Å². The number of rotatable bonds is 6. The molecule has 2 N–H and O–H groups in total. The summed E-state index contributed by atoms with van der Waals surface area (Å²) in [6, 6.07) is 1.81. The zero-order chi connectivity index (χ0) is 16.2. The molecule has 0 bridgehead atoms. The Morgan fingerprint density at radius 2 is 1.96 bits per heavy atom. The minimum absolute atomic E-state index is 0. The molecule has 6 nitrogen and oxygen atoms in total. The lowest BCUT2D eigenvalue weighted by molar-refractivity contribution is -0.131. The molecule has 2 heterocycles. The highest BCUT2D eigenvalue weighted by atomic mass is 35.5. The van der Waals surface area contributed by atoms with E-state index >= 15 is 0 Å². The average molecular weight is 356 g/mol. The predicted octanol–water partition coefficient (Wildman–Crippen LogP) is 1.73. The van der Waals surface area contributed by atoms with Crippen molar-refractivity contribution in [2.24, 2.45) is 5.92 Å². The van der Waals surface area contributed by atoms with Gasteiger partial charge in [-0.1, -0.05) is 0 Å². The van der Waals surface area contributed by atoms with E-state index in [1.165, 1.54) is 19.1 Å². The van der Waals surface area contributed by atoms with E-state index in [0.29, 0.717) is 31.0 Å². The van der Waals surface area contributed by atoms with Gasteiger partial charge < -0.3 is 20.0 Å². The Morgan fingerprint density at radius 1 is 1.25 bits per heavy atom. The Balaban J connectivity index is 0.00000208. The van der Waals surface area contributed by atoms with Crippen LogP contribution in [-0.2, 0) is 4.79 Å². The zero-order valence-corrected chi connectivity index (χ0v) is 14.9. The topological polar surface area (TPSA) is 74.6 Å². The van der Waals surface area contributed by atoms with Crippen molar-refractivity contribution in [3.8, 4) is 0 Å². The Labute approximate surface area is 148 Å². The molecule has 1 aliphatic carbocycles. The second kappa shape index (κ2) is 8.53. The van der Waals surface area contributed by atoms with E-state index in [2.05, 4.69) is 10.6 Å². The molecule has 3 rings (SSSR count). The van der Waals surface area contributed by atoms with Crippen LogP contribution in [0.25, 0.3) is 0 Å². The molecule has 0 spiro atoms. The van der Waals surface area contributed by atoms with Gasteiger partial charge in [-0.05, 0) is 51.1 Å². The van der Waals surface area contributed by atoms with Crippen LogP contribution in [0.4, 0.5) is 0 Å². The monoisotopic (exact) mass is 355 g/mol. The number of furan rings is 1. The third kappa shape index (κ3) is 4.98. The molecule has 0 radical (unpaired) electrons. The van der Waals surface area contributed by atoms with Gasteiger partial charge in [-0.2, -0.15) is 0 Å². The summed E-state index contributed by atoms with van der Waals surface area (Å²) >= 11 is 0. The van der Waals surface area contributed by atoms with Crippen molar-refractivity contribution in [2.45, 2.75) is 38.6 Å². The van der Waals surface area contributed by atoms with Gasteiger partial charge in [-0.15, -0.1) is 12.4 Å². The van der Waals surface area contributed by atoms with Gasteiger partial charge in [0.2, 0.25) is 5.91 Å². The highest BCUT2D eigenvalue weighted by Crippen LogP contribution is 2.27. The first-order valence-electron chi connectivity index (χ1n) is 8.47. The quantitative estimate of drug-likeness (QED) is 0.815. The summed E-state index contributed by atoms with van der Waals surface area (Å²) < 4.78 is 5.16. The fourth-order valence-electron chi connectivity index (χ4n) is 2.97. The van der Waals surface area contributed by atoms with Crippen molar-refractivity contribution in [1.29, 1.82) is 0 Å². The number of piperidine rings is 1. The molecule has 2 aliphatic rings. The van der Waals surface area contributed by atoms with Crippen LogP contribution in [0.2, 0.25) is 0 Å². The van der Waals surface area contributed by atoms with Crippen molar-refractivity contribution in [1.82, 2.24) is 15.5 Å². The maximum absolute atomic E-state index is 12.2. The Hall–Kier alpha value is -1.53. The molecule has 0 atom stereocenters. The SMILES string of the molecule is Cc1occc1C(=O)NC1CCN(C(=O)CNCC2CC2)CC1.Cl. The number of carbonyl (C=O) groups excluding carboxylic acids is 2. The smallest absolute Gasteiger partial charge is 0.255 e. The number of hydrogen-bond acceptors (Lipinski definition) is 4. The highest BCUT2D eigenvalue weighted by molar-refractivity contribution is 5.95. The minimum atomic E-state index is -0.0906. The van der Waals surface area contributed by atoms with E-state index in [1.807, 2.05) is 4.90 Å². The van der Waals surface area contributed by atoms with Gasteiger partial charge in [-0.25, -0.2) is 0 Å². The van der Waals surface area contributed by atoms with E-state index in [9.17, 15) is 9.59 Å². The lowest BCUT2D eigenvalue weighted by Gasteiger charge is -2.32. The second-order valence-electron chi connectivity index (χ2n) is 6.59. The van der Waals surface area contributed by atoms with Crippen molar-refractivity contribution in [3.05, 3.63) is 23.7 Å². The molecule has 1 saturated heterocycles. The number of carbonyl (C=O) groups is 2. The Kier molecular flexibility index (Phi) is 6.69. The first-order valence-corrected chi connectivity index (χ1v) is 8.47. The number of nitrogens with zero attached hydrogens (tertiary/aromatic N) is 1. The van der Waals surface area contributed by atoms with Gasteiger partial charge in [0.15, 0.2) is 0 Å². The van der Waals surface area contributed by atoms with Crippen LogP contribution in [0.3, 0.4) is 0 Å². The van der Waals surface area contributed by atoms with Crippen LogP contribution in [0, 0.1) is 12.8 Å². The van der Waals surface area contributed by atoms with E-state index in [4.69, 9.17) is 4.42 Å². The molecular formula is C17H26ClN3O3. The molecule has 7 heteroatoms. The van der Waals surface area contributed by atoms with Crippen molar-refractivity contribution >= 4 is 24.2 Å². The predicted molar refractivity (Wildman–Crippen MR) is 93.4 cm³/mol. The molecule has 134 valence electrons. The number of nitrogens with one attached hydrogen (secondary N) is 2. The lowest BCUT2D eigenvalue weighted by atomic mass is 10.0. The first-order chi connectivity index (χ1) is 11.1. The maximum Gasteiger partial charge on any atom is 0.255 e. The minimum Gasteiger partial charge on any atom is -0.469 e. The number of likely N-dealkylation sites (tertiary alicyclic amines) is 1. The summed E-state index contributed by atoms with van der Waals surface area (Å²) in [4.78, 5) is 26.2. The summed E-state index contributed by atoms with van der Waals surface area (Å²) in [5.74, 6) is 1.50. The fourth-order valence-corrected chi connectivity index (χ4v) is 2.97. The largest absolute Gasteiger partial charge is 0.469 e. The van der Waals surface area contributed by atoms with Crippen LogP contribution in [0.1, 0.15) is 41.8 Å². The molecule has 2 amide bonds. The van der Waals surface area contributed by atoms with Crippen LogP contribution >= 0.6 is 12.4 Å². The molecule has 1 saturated carbocycles. The summed E-state index contributed by atoms with van der Waals surface area (Å²) in [6.45, 7) is 4.59. The number of hydrogen-bond donors (Lipinski definition) is 2. The van der Waals surface area contributed by atoms with Gasteiger partial charge in [0.1, 0.15) is 5.76 Å². The van der Waals surface area contributed by atoms with Gasteiger partial charge in [-0.3, -0.25) is 9.59 Å². The van der Waals surface area contributed by atoms with Crippen LogP contribution in [0.5, 0.6) is 0 Å². The molecule has 0 unspecified atom stereocenters. The van der Waals surface area contributed by atoms with Gasteiger partial charge in [0.25, 0.3) is 5.91 Å². The number of aryl methyl sites for hydroxylation is 1. The third-order valence-corrected chi connectivity index (χ3v) is 4.69. The van der Waals surface area contributed by atoms with E-state index in [-0.39, 0.29) is 30.3 Å². The van der Waals surface area contributed by atoms with E-state index in [0.717, 1.165) is 25.3 Å². The van der Waals surface area contributed by atoms with Crippen molar-refractivity contribution in [3.63, 3.8) is 0 Å². The van der Waals surface area contributed by atoms with Crippen LogP contribution in [-0.4, -0.2) is 48.9 Å². The Morgan fingerprint density at radius 3 is 2.54 bits per heavy atom. The molecule has 2 fully saturated rings. The lowest BCUT2D eigenvalue weighted by Crippen LogP contribution is -2.48. The number of halogens is 1. The zero-order valence-electron chi connectivity index (χ0n) is 14.0. The first kappa shape index (κ1) is 18.8. The number of amides is 2. The fraction of sp³-hybridized carbons (Fsp3) is 0.647. The van der Waals surface area contributed by atoms with E-state index < -0.39 is 0 Å². The highest BCUT2D eigenvalue weighted by Gasteiger charge is 2.25. The molecule has 24 heavy (non-hydrogen) atoms. The molecule has 1 aromatic rings. The molecule has 1 aliphatic heterocycles. The van der Waals surface area contributed by atoms with Crippen molar-refractivity contribution < 1.29 is 14.0 Å². The second-order valence-corrected chi connectivity index (χ2v) is 6.59. The average Bonchev–Trinajstić information content (AvgIpc) is 3.26.